The zero-order chi connectivity index (χ0) is 19.4. The van der Waals surface area contributed by atoms with Crippen LogP contribution >= 0.6 is 0 Å². The van der Waals surface area contributed by atoms with Gasteiger partial charge in [0.15, 0.2) is 6.04 Å². The van der Waals surface area contributed by atoms with Crippen molar-refractivity contribution in [3.05, 3.63) is 65.7 Å². The lowest BCUT2D eigenvalue weighted by molar-refractivity contribution is -0.142. The maximum atomic E-state index is 12.7. The fourth-order valence-electron chi connectivity index (χ4n) is 3.38. The second kappa shape index (κ2) is 8.03. The summed E-state index contributed by atoms with van der Waals surface area (Å²) in [6.07, 6.45) is 0.858. The number of amides is 2. The van der Waals surface area contributed by atoms with Crippen LogP contribution in [0.5, 0.6) is 0 Å². The topological polar surface area (TPSA) is 86.7 Å². The number of para-hydroxylation sites is 1. The molecule has 0 aliphatic carbocycles. The number of carbonyl (C=O) groups is 3. The van der Waals surface area contributed by atoms with Crippen molar-refractivity contribution < 1.29 is 19.5 Å². The van der Waals surface area contributed by atoms with Crippen molar-refractivity contribution in [2.24, 2.45) is 5.92 Å². The van der Waals surface area contributed by atoms with E-state index in [0.717, 1.165) is 17.7 Å². The van der Waals surface area contributed by atoms with Crippen LogP contribution in [-0.2, 0) is 20.8 Å². The Morgan fingerprint density at radius 1 is 1.15 bits per heavy atom. The van der Waals surface area contributed by atoms with Crippen LogP contribution in [-0.4, -0.2) is 29.4 Å². The highest BCUT2D eigenvalue weighted by atomic mass is 16.4. The lowest BCUT2D eigenvalue weighted by Crippen LogP contribution is -2.38. The Kier molecular flexibility index (Phi) is 5.54. The maximum absolute atomic E-state index is 12.7. The number of rotatable bonds is 6. The van der Waals surface area contributed by atoms with E-state index >= 15 is 0 Å². The molecule has 0 bridgehead atoms. The van der Waals surface area contributed by atoms with Gasteiger partial charge in [0.2, 0.25) is 11.8 Å². The molecule has 1 unspecified atom stereocenters. The number of carboxylic acid groups (broad SMARTS) is 1. The Morgan fingerprint density at radius 2 is 1.81 bits per heavy atom. The zero-order valence-corrected chi connectivity index (χ0v) is 15.1. The fourth-order valence-corrected chi connectivity index (χ4v) is 3.38. The standard InChI is InChI=1S/C21H22N2O4/c1-2-14-8-6-7-11-17(14)23-13-16(12-18(23)24)20(25)22-19(21(26)27)15-9-4-3-5-10-15/h3-11,16,19H,2,12-13H2,1H3,(H,22,25)(H,26,27)/t16?,19-/m0/s1. The summed E-state index contributed by atoms with van der Waals surface area (Å²) in [5.74, 6) is -2.25. The maximum Gasteiger partial charge on any atom is 0.330 e. The number of nitrogens with one attached hydrogen (secondary N) is 1. The highest BCUT2D eigenvalue weighted by Crippen LogP contribution is 2.29. The molecule has 6 nitrogen and oxygen atoms in total. The predicted octanol–water partition coefficient (Wildman–Crippen LogP) is 2.54. The summed E-state index contributed by atoms with van der Waals surface area (Å²) in [7, 11) is 0. The lowest BCUT2D eigenvalue weighted by atomic mass is 10.0. The number of nitrogens with zero attached hydrogens (tertiary/aromatic N) is 1. The number of aliphatic carboxylic acids is 1. The first-order valence-electron chi connectivity index (χ1n) is 8.97. The molecule has 2 aromatic rings. The second-order valence-electron chi connectivity index (χ2n) is 6.58. The summed E-state index contributed by atoms with van der Waals surface area (Å²) in [5, 5.41) is 12.1. The van der Waals surface area contributed by atoms with E-state index in [0.29, 0.717) is 5.56 Å². The van der Waals surface area contributed by atoms with Gasteiger partial charge >= 0.3 is 5.97 Å². The molecule has 1 saturated heterocycles. The summed E-state index contributed by atoms with van der Waals surface area (Å²) in [6.45, 7) is 2.27. The van der Waals surface area contributed by atoms with Gasteiger partial charge in [-0.1, -0.05) is 55.5 Å². The predicted molar refractivity (Wildman–Crippen MR) is 101 cm³/mol. The molecule has 1 fully saturated rings. The van der Waals surface area contributed by atoms with Crippen LogP contribution in [0.4, 0.5) is 5.69 Å². The largest absolute Gasteiger partial charge is 0.479 e. The minimum Gasteiger partial charge on any atom is -0.479 e. The van der Waals surface area contributed by atoms with Gasteiger partial charge in [-0.05, 0) is 23.6 Å². The average molecular weight is 366 g/mol. The number of carbonyl (C=O) groups excluding carboxylic acids is 2. The molecule has 0 radical (unpaired) electrons. The van der Waals surface area contributed by atoms with Gasteiger partial charge in [0.05, 0.1) is 5.92 Å². The third-order valence-corrected chi connectivity index (χ3v) is 4.83. The van der Waals surface area contributed by atoms with Gasteiger partial charge in [0.25, 0.3) is 0 Å². The van der Waals surface area contributed by atoms with Crippen LogP contribution in [0.25, 0.3) is 0 Å². The van der Waals surface area contributed by atoms with Crippen molar-refractivity contribution in [3.63, 3.8) is 0 Å². The molecular formula is C21H22N2O4. The van der Waals surface area contributed by atoms with Crippen molar-refractivity contribution in [1.82, 2.24) is 5.32 Å². The molecule has 6 heteroatoms. The summed E-state index contributed by atoms with van der Waals surface area (Å²) < 4.78 is 0. The molecule has 0 spiro atoms. The van der Waals surface area contributed by atoms with E-state index in [2.05, 4.69) is 5.32 Å². The van der Waals surface area contributed by atoms with Gasteiger partial charge in [-0.3, -0.25) is 9.59 Å². The molecule has 3 rings (SSSR count). The Morgan fingerprint density at radius 3 is 2.48 bits per heavy atom. The van der Waals surface area contributed by atoms with Crippen molar-refractivity contribution in [1.29, 1.82) is 0 Å². The summed E-state index contributed by atoms with van der Waals surface area (Å²) in [6, 6.07) is 15.0. The van der Waals surface area contributed by atoms with Gasteiger partial charge in [-0.15, -0.1) is 0 Å². The molecule has 0 saturated carbocycles. The molecule has 1 heterocycles. The van der Waals surface area contributed by atoms with Crippen LogP contribution in [0.15, 0.2) is 54.6 Å². The Hall–Kier alpha value is -3.15. The second-order valence-corrected chi connectivity index (χ2v) is 6.58. The van der Waals surface area contributed by atoms with Gasteiger partial charge in [0.1, 0.15) is 0 Å². The molecule has 1 aliphatic heterocycles. The van der Waals surface area contributed by atoms with Crippen LogP contribution in [0.3, 0.4) is 0 Å². The monoisotopic (exact) mass is 366 g/mol. The molecule has 1 aliphatic rings. The Labute approximate surface area is 157 Å². The number of carboxylic acids is 1. The summed E-state index contributed by atoms with van der Waals surface area (Å²) in [4.78, 5) is 38.4. The number of aryl methyl sites for hydroxylation is 1. The minimum atomic E-state index is -1.13. The zero-order valence-electron chi connectivity index (χ0n) is 15.1. The van der Waals surface area contributed by atoms with E-state index in [1.54, 1.807) is 35.2 Å². The summed E-state index contributed by atoms with van der Waals surface area (Å²) >= 11 is 0. The Balaban J connectivity index is 1.74. The highest BCUT2D eigenvalue weighted by molar-refractivity contribution is 6.01. The first-order chi connectivity index (χ1) is 13.0. The van der Waals surface area contributed by atoms with E-state index in [4.69, 9.17) is 0 Å². The van der Waals surface area contributed by atoms with Crippen molar-refractivity contribution in [2.45, 2.75) is 25.8 Å². The third kappa shape index (κ3) is 4.00. The van der Waals surface area contributed by atoms with Crippen molar-refractivity contribution in [3.8, 4) is 0 Å². The van der Waals surface area contributed by atoms with E-state index in [1.165, 1.54) is 0 Å². The number of benzene rings is 2. The SMILES string of the molecule is CCc1ccccc1N1CC(C(=O)N[C@H](C(=O)O)c2ccccc2)CC1=O. The molecular weight excluding hydrogens is 344 g/mol. The molecule has 2 amide bonds. The first kappa shape index (κ1) is 18.6. The normalized spacial score (nSPS) is 17.6. The fraction of sp³-hybridized carbons (Fsp3) is 0.286. The van der Waals surface area contributed by atoms with Gasteiger partial charge in [-0.2, -0.15) is 0 Å². The van der Waals surface area contributed by atoms with Gasteiger partial charge in [-0.25, -0.2) is 4.79 Å². The van der Waals surface area contributed by atoms with E-state index in [1.807, 2.05) is 31.2 Å². The van der Waals surface area contributed by atoms with Gasteiger partial charge in [0, 0.05) is 18.7 Å². The van der Waals surface area contributed by atoms with E-state index in [-0.39, 0.29) is 18.9 Å². The van der Waals surface area contributed by atoms with Crippen molar-refractivity contribution >= 4 is 23.5 Å². The van der Waals surface area contributed by atoms with Crippen LogP contribution in [0.2, 0.25) is 0 Å². The molecule has 2 atom stereocenters. The quantitative estimate of drug-likeness (QED) is 0.823. The van der Waals surface area contributed by atoms with Gasteiger partial charge < -0.3 is 15.3 Å². The average Bonchev–Trinajstić information content (AvgIpc) is 3.08. The first-order valence-corrected chi connectivity index (χ1v) is 8.97. The highest BCUT2D eigenvalue weighted by Gasteiger charge is 2.37. The Bertz CT molecular complexity index is 850. The lowest BCUT2D eigenvalue weighted by Gasteiger charge is -2.21. The molecule has 2 N–H and O–H groups in total. The molecule has 27 heavy (non-hydrogen) atoms. The van der Waals surface area contributed by atoms with Crippen LogP contribution in [0, 0.1) is 5.92 Å². The molecule has 140 valence electrons. The summed E-state index contributed by atoms with van der Waals surface area (Å²) in [5.41, 5.74) is 2.36. The minimum absolute atomic E-state index is 0.0744. The number of hydrogen-bond acceptors (Lipinski definition) is 3. The van der Waals surface area contributed by atoms with E-state index in [9.17, 15) is 19.5 Å². The third-order valence-electron chi connectivity index (χ3n) is 4.83. The number of hydrogen-bond donors (Lipinski definition) is 2. The van der Waals surface area contributed by atoms with Crippen LogP contribution in [0.1, 0.15) is 30.5 Å². The van der Waals surface area contributed by atoms with E-state index < -0.39 is 23.8 Å². The molecule has 2 aromatic carbocycles. The number of anilines is 1. The molecule has 0 aromatic heterocycles. The van der Waals surface area contributed by atoms with Crippen LogP contribution < -0.4 is 10.2 Å². The van der Waals surface area contributed by atoms with Crippen molar-refractivity contribution in [2.75, 3.05) is 11.4 Å². The smallest absolute Gasteiger partial charge is 0.330 e.